The normalized spacial score (nSPS) is 31.8. The molecule has 76 valence electrons. The van der Waals surface area contributed by atoms with Crippen molar-refractivity contribution >= 4 is 0 Å². The molecule has 0 saturated heterocycles. The van der Waals surface area contributed by atoms with Gasteiger partial charge in [0.15, 0.2) is 0 Å². The third-order valence-corrected chi connectivity index (χ3v) is 3.59. The SMILES string of the molecule is OC1(CCOc2ccn[nH]2)CC12CC2. The van der Waals surface area contributed by atoms with Gasteiger partial charge in [0.25, 0.3) is 0 Å². The predicted octanol–water partition coefficient (Wildman–Crippen LogP) is 1.09. The number of aromatic amines is 1. The van der Waals surface area contributed by atoms with E-state index in [0.717, 1.165) is 12.8 Å². The van der Waals surface area contributed by atoms with Gasteiger partial charge in [0.1, 0.15) is 0 Å². The minimum atomic E-state index is -0.410. The third-order valence-electron chi connectivity index (χ3n) is 3.59. The van der Waals surface area contributed by atoms with E-state index in [1.165, 1.54) is 12.8 Å². The Labute approximate surface area is 82.3 Å². The average molecular weight is 194 g/mol. The largest absolute Gasteiger partial charge is 0.478 e. The molecule has 1 aromatic heterocycles. The van der Waals surface area contributed by atoms with E-state index in [2.05, 4.69) is 10.2 Å². The molecule has 0 aromatic carbocycles. The molecular formula is C10H14N2O2. The molecule has 4 nitrogen and oxygen atoms in total. The van der Waals surface area contributed by atoms with Crippen molar-refractivity contribution in [2.24, 2.45) is 5.41 Å². The van der Waals surface area contributed by atoms with E-state index in [0.29, 0.717) is 17.9 Å². The Bertz CT molecular complexity index is 332. The second kappa shape index (κ2) is 2.51. The first-order chi connectivity index (χ1) is 6.74. The number of nitrogens with one attached hydrogen (secondary N) is 1. The summed E-state index contributed by atoms with van der Waals surface area (Å²) in [4.78, 5) is 0. The fraction of sp³-hybridized carbons (Fsp3) is 0.700. The molecule has 1 aromatic rings. The molecule has 2 fully saturated rings. The van der Waals surface area contributed by atoms with E-state index in [9.17, 15) is 5.11 Å². The van der Waals surface area contributed by atoms with E-state index in [1.54, 1.807) is 12.3 Å². The van der Waals surface area contributed by atoms with Crippen molar-refractivity contribution in [1.29, 1.82) is 0 Å². The van der Waals surface area contributed by atoms with Gasteiger partial charge < -0.3 is 9.84 Å². The van der Waals surface area contributed by atoms with Crippen LogP contribution < -0.4 is 4.74 Å². The molecule has 0 aliphatic heterocycles. The number of hydrogen-bond donors (Lipinski definition) is 2. The summed E-state index contributed by atoms with van der Waals surface area (Å²) < 4.78 is 5.41. The van der Waals surface area contributed by atoms with Crippen LogP contribution in [0.5, 0.6) is 5.88 Å². The van der Waals surface area contributed by atoms with Crippen LogP contribution in [0, 0.1) is 5.41 Å². The highest BCUT2D eigenvalue weighted by molar-refractivity contribution is 5.24. The lowest BCUT2D eigenvalue weighted by Gasteiger charge is -2.09. The fourth-order valence-electron chi connectivity index (χ4n) is 2.32. The van der Waals surface area contributed by atoms with Gasteiger partial charge >= 0.3 is 0 Å². The van der Waals surface area contributed by atoms with Gasteiger partial charge in [-0.05, 0) is 19.3 Å². The Morgan fingerprint density at radius 2 is 2.43 bits per heavy atom. The molecule has 2 N–H and O–H groups in total. The van der Waals surface area contributed by atoms with Gasteiger partial charge in [0.05, 0.1) is 18.4 Å². The molecule has 2 saturated carbocycles. The molecule has 4 heteroatoms. The summed E-state index contributed by atoms with van der Waals surface area (Å²) >= 11 is 0. The zero-order chi connectivity index (χ0) is 9.65. The number of hydrogen-bond acceptors (Lipinski definition) is 3. The lowest BCUT2D eigenvalue weighted by atomic mass is 10.2. The maximum absolute atomic E-state index is 10.0. The first kappa shape index (κ1) is 8.29. The molecule has 1 atom stereocenters. The van der Waals surface area contributed by atoms with Gasteiger partial charge in [-0.3, -0.25) is 0 Å². The smallest absolute Gasteiger partial charge is 0.208 e. The van der Waals surface area contributed by atoms with E-state index >= 15 is 0 Å². The maximum atomic E-state index is 10.0. The van der Waals surface area contributed by atoms with Crippen molar-refractivity contribution in [2.75, 3.05) is 6.61 Å². The molecule has 0 radical (unpaired) electrons. The number of H-pyrrole nitrogens is 1. The van der Waals surface area contributed by atoms with Gasteiger partial charge in [0.2, 0.25) is 5.88 Å². The monoisotopic (exact) mass is 194 g/mol. The maximum Gasteiger partial charge on any atom is 0.208 e. The van der Waals surface area contributed by atoms with Crippen LogP contribution in [0.15, 0.2) is 12.3 Å². The Hall–Kier alpha value is -1.03. The average Bonchev–Trinajstić information content (AvgIpc) is 2.94. The minimum absolute atomic E-state index is 0.310. The number of aliphatic hydroxyl groups is 1. The highest BCUT2D eigenvalue weighted by Gasteiger charge is 2.73. The number of aromatic nitrogens is 2. The molecule has 0 amide bonds. The van der Waals surface area contributed by atoms with Crippen molar-refractivity contribution in [3.63, 3.8) is 0 Å². The third kappa shape index (κ3) is 1.14. The lowest BCUT2D eigenvalue weighted by molar-refractivity contribution is 0.0950. The van der Waals surface area contributed by atoms with E-state index in [-0.39, 0.29) is 0 Å². The summed E-state index contributed by atoms with van der Waals surface area (Å²) in [6.45, 7) is 0.570. The highest BCUT2D eigenvalue weighted by Crippen LogP contribution is 2.74. The topological polar surface area (TPSA) is 58.1 Å². The first-order valence-corrected chi connectivity index (χ1v) is 5.09. The van der Waals surface area contributed by atoms with Crippen LogP contribution in [-0.4, -0.2) is 27.5 Å². The van der Waals surface area contributed by atoms with E-state index in [4.69, 9.17) is 4.74 Å². The van der Waals surface area contributed by atoms with Crippen LogP contribution >= 0.6 is 0 Å². The van der Waals surface area contributed by atoms with Gasteiger partial charge in [-0.2, -0.15) is 5.10 Å². The Morgan fingerprint density at radius 3 is 3.00 bits per heavy atom. The zero-order valence-corrected chi connectivity index (χ0v) is 7.99. The zero-order valence-electron chi connectivity index (χ0n) is 7.99. The number of rotatable bonds is 4. The standard InChI is InChI=1S/C10H14N2O2/c13-10(7-9(10)2-3-9)4-6-14-8-1-5-11-12-8/h1,5,13H,2-4,6-7H2,(H,11,12). The number of ether oxygens (including phenoxy) is 1. The van der Waals surface area contributed by atoms with Gasteiger partial charge in [-0.1, -0.05) is 0 Å². The van der Waals surface area contributed by atoms with Crippen LogP contribution in [0.3, 0.4) is 0 Å². The van der Waals surface area contributed by atoms with Crippen molar-refractivity contribution in [1.82, 2.24) is 10.2 Å². The van der Waals surface area contributed by atoms with Gasteiger partial charge in [-0.15, -0.1) is 0 Å². The molecule has 14 heavy (non-hydrogen) atoms. The Kier molecular flexibility index (Phi) is 1.49. The fourth-order valence-corrected chi connectivity index (χ4v) is 2.32. The van der Waals surface area contributed by atoms with Crippen molar-refractivity contribution in [2.45, 2.75) is 31.3 Å². The summed E-state index contributed by atoms with van der Waals surface area (Å²) in [6, 6.07) is 1.78. The van der Waals surface area contributed by atoms with Crippen LogP contribution in [0.2, 0.25) is 0 Å². The second-order valence-corrected chi connectivity index (χ2v) is 4.51. The lowest BCUT2D eigenvalue weighted by Crippen LogP contribution is -2.16. The summed E-state index contributed by atoms with van der Waals surface area (Å²) in [7, 11) is 0. The minimum Gasteiger partial charge on any atom is -0.478 e. The molecule has 3 rings (SSSR count). The van der Waals surface area contributed by atoms with E-state index < -0.39 is 5.60 Å². The Morgan fingerprint density at radius 1 is 1.57 bits per heavy atom. The van der Waals surface area contributed by atoms with Gasteiger partial charge in [-0.25, -0.2) is 5.10 Å². The van der Waals surface area contributed by atoms with Crippen LogP contribution in [0.4, 0.5) is 0 Å². The van der Waals surface area contributed by atoms with Crippen LogP contribution in [0.25, 0.3) is 0 Å². The van der Waals surface area contributed by atoms with Crippen molar-refractivity contribution in [3.8, 4) is 5.88 Å². The van der Waals surface area contributed by atoms with Crippen molar-refractivity contribution < 1.29 is 9.84 Å². The van der Waals surface area contributed by atoms with Crippen molar-refractivity contribution in [3.05, 3.63) is 12.3 Å². The molecular weight excluding hydrogens is 180 g/mol. The summed E-state index contributed by atoms with van der Waals surface area (Å²) in [6.07, 6.45) is 5.78. The predicted molar refractivity (Wildman–Crippen MR) is 49.9 cm³/mol. The second-order valence-electron chi connectivity index (χ2n) is 4.51. The first-order valence-electron chi connectivity index (χ1n) is 5.09. The summed E-state index contributed by atoms with van der Waals surface area (Å²) in [5, 5.41) is 16.5. The molecule has 1 heterocycles. The highest BCUT2D eigenvalue weighted by atomic mass is 16.5. The van der Waals surface area contributed by atoms with Crippen LogP contribution in [-0.2, 0) is 0 Å². The molecule has 1 spiro atoms. The quantitative estimate of drug-likeness (QED) is 0.754. The number of nitrogens with zero attached hydrogens (tertiary/aromatic N) is 1. The van der Waals surface area contributed by atoms with Gasteiger partial charge in [0, 0.05) is 17.9 Å². The summed E-state index contributed by atoms with van der Waals surface area (Å²) in [5.41, 5.74) is -0.0998. The molecule has 1 unspecified atom stereocenters. The molecule has 2 aliphatic carbocycles. The molecule has 2 aliphatic rings. The van der Waals surface area contributed by atoms with E-state index in [1.807, 2.05) is 0 Å². The van der Waals surface area contributed by atoms with Crippen LogP contribution in [0.1, 0.15) is 25.7 Å². The Balaban J connectivity index is 1.47. The molecule has 0 bridgehead atoms. The summed E-state index contributed by atoms with van der Waals surface area (Å²) in [5.74, 6) is 0.680.